The van der Waals surface area contributed by atoms with Crippen LogP contribution in [-0.4, -0.2) is 9.59 Å². The van der Waals surface area contributed by atoms with E-state index in [0.717, 1.165) is 21.2 Å². The molecule has 5 heteroatoms. The molecule has 2 rings (SSSR count). The second-order valence-corrected chi connectivity index (χ2v) is 5.77. The van der Waals surface area contributed by atoms with Crippen molar-refractivity contribution in [3.63, 3.8) is 0 Å². The van der Waals surface area contributed by atoms with Crippen LogP contribution >= 0.6 is 23.1 Å². The van der Waals surface area contributed by atoms with Crippen LogP contribution in [0.1, 0.15) is 41.9 Å². The molecule has 0 aliphatic heterocycles. The molecule has 0 aliphatic rings. The molecule has 0 saturated carbocycles. The number of hydrogen-bond acceptors (Lipinski definition) is 4. The summed E-state index contributed by atoms with van der Waals surface area (Å²) >= 11 is 7.53. The van der Waals surface area contributed by atoms with E-state index in [1.807, 2.05) is 24.3 Å². The monoisotopic (exact) mass is 281 g/mol. The van der Waals surface area contributed by atoms with Crippen molar-refractivity contribution in [3.8, 4) is 0 Å². The molecular weight excluding hydrogens is 266 g/mol. The van der Waals surface area contributed by atoms with Gasteiger partial charge in [-0.15, -0.1) is 5.10 Å². The van der Waals surface area contributed by atoms with Crippen molar-refractivity contribution in [1.29, 1.82) is 0 Å². The molecule has 96 valence electrons. The van der Waals surface area contributed by atoms with E-state index in [1.165, 1.54) is 11.5 Å². The molecule has 18 heavy (non-hydrogen) atoms. The van der Waals surface area contributed by atoms with Gasteiger partial charge in [0.25, 0.3) is 0 Å². The molecule has 0 spiro atoms. The van der Waals surface area contributed by atoms with Gasteiger partial charge in [-0.3, -0.25) is 0 Å². The zero-order chi connectivity index (χ0) is 13.1. The molecule has 2 N–H and O–H groups in total. The summed E-state index contributed by atoms with van der Waals surface area (Å²) in [5, 5.41) is 4.92. The van der Waals surface area contributed by atoms with Gasteiger partial charge in [0.2, 0.25) is 0 Å². The normalized spacial score (nSPS) is 12.9. The van der Waals surface area contributed by atoms with Gasteiger partial charge < -0.3 is 5.73 Å². The molecule has 1 heterocycles. The van der Waals surface area contributed by atoms with Gasteiger partial charge in [0.15, 0.2) is 0 Å². The van der Waals surface area contributed by atoms with E-state index in [1.54, 1.807) is 0 Å². The molecule has 0 fully saturated rings. The second kappa shape index (κ2) is 5.78. The Hall–Kier alpha value is -0.970. The Morgan fingerprint density at radius 3 is 2.72 bits per heavy atom. The first-order chi connectivity index (χ1) is 8.59. The molecule has 1 aromatic carbocycles. The van der Waals surface area contributed by atoms with Gasteiger partial charge in [-0.25, -0.2) is 0 Å². The van der Waals surface area contributed by atoms with Gasteiger partial charge in [-0.2, -0.15) is 0 Å². The Morgan fingerprint density at radius 1 is 1.33 bits per heavy atom. The maximum absolute atomic E-state index is 6.25. The minimum absolute atomic E-state index is 0.0951. The minimum atomic E-state index is -0.0951. The van der Waals surface area contributed by atoms with Crippen LogP contribution in [-0.2, 0) is 6.42 Å². The number of hydrogen-bond donors (Lipinski definition) is 1. The molecule has 1 atom stereocenters. The van der Waals surface area contributed by atoms with Crippen molar-refractivity contribution in [2.24, 2.45) is 5.73 Å². The fourth-order valence-corrected chi connectivity index (χ4v) is 2.87. The fourth-order valence-electron chi connectivity index (χ4n) is 1.86. The summed E-state index contributed by atoms with van der Waals surface area (Å²) in [5.41, 5.74) is 8.31. The van der Waals surface area contributed by atoms with Gasteiger partial charge in [-0.05, 0) is 35.5 Å². The Balaban J connectivity index is 2.20. The van der Waals surface area contributed by atoms with Crippen molar-refractivity contribution in [2.45, 2.75) is 32.2 Å². The van der Waals surface area contributed by atoms with E-state index in [0.29, 0.717) is 12.3 Å². The summed E-state index contributed by atoms with van der Waals surface area (Å²) in [4.78, 5) is 1.06. The summed E-state index contributed by atoms with van der Waals surface area (Å²) in [6.07, 6.45) is 0.712. The van der Waals surface area contributed by atoms with Gasteiger partial charge >= 0.3 is 0 Å². The average Bonchev–Trinajstić information content (AvgIpc) is 2.81. The molecule has 1 aromatic heterocycles. The van der Waals surface area contributed by atoms with Crippen molar-refractivity contribution in [3.05, 3.63) is 45.4 Å². The van der Waals surface area contributed by atoms with Gasteiger partial charge in [0.1, 0.15) is 0 Å². The van der Waals surface area contributed by atoms with E-state index < -0.39 is 0 Å². The molecule has 0 amide bonds. The number of aromatic nitrogens is 2. The zero-order valence-corrected chi connectivity index (χ0v) is 12.0. The van der Waals surface area contributed by atoms with E-state index in [2.05, 4.69) is 23.4 Å². The van der Waals surface area contributed by atoms with Crippen LogP contribution in [0.2, 0.25) is 5.02 Å². The molecule has 3 nitrogen and oxygen atoms in total. The Kier molecular flexibility index (Phi) is 4.32. The van der Waals surface area contributed by atoms with Crippen LogP contribution in [0.5, 0.6) is 0 Å². The maximum atomic E-state index is 6.25. The predicted octanol–water partition coefficient (Wildman–Crippen LogP) is 3.56. The van der Waals surface area contributed by atoms with Gasteiger partial charge in [0, 0.05) is 11.1 Å². The third-order valence-corrected chi connectivity index (χ3v) is 4.06. The summed E-state index contributed by atoms with van der Waals surface area (Å²) in [6.45, 7) is 4.20. The van der Waals surface area contributed by atoms with Gasteiger partial charge in [0.05, 0.1) is 10.6 Å². The molecular formula is C13H16ClN3S. The number of nitrogens with zero attached hydrogens (tertiary/aromatic N) is 2. The molecule has 0 bridgehead atoms. The average molecular weight is 282 g/mol. The highest BCUT2D eigenvalue weighted by Crippen LogP contribution is 2.28. The second-order valence-electron chi connectivity index (χ2n) is 4.58. The predicted molar refractivity (Wildman–Crippen MR) is 76.1 cm³/mol. The summed E-state index contributed by atoms with van der Waals surface area (Å²) in [7, 11) is 0. The Bertz CT molecular complexity index is 524. The first-order valence-corrected chi connectivity index (χ1v) is 7.06. The van der Waals surface area contributed by atoms with E-state index in [-0.39, 0.29) is 6.04 Å². The number of nitrogens with two attached hydrogens (primary N) is 1. The van der Waals surface area contributed by atoms with Crippen molar-refractivity contribution < 1.29 is 0 Å². The van der Waals surface area contributed by atoms with Crippen LogP contribution in [0.4, 0.5) is 0 Å². The van der Waals surface area contributed by atoms with Crippen molar-refractivity contribution in [2.75, 3.05) is 0 Å². The largest absolute Gasteiger partial charge is 0.323 e. The first-order valence-electron chi connectivity index (χ1n) is 5.90. The highest BCUT2D eigenvalue weighted by molar-refractivity contribution is 7.05. The lowest BCUT2D eigenvalue weighted by atomic mass is 10.0. The third-order valence-electron chi connectivity index (χ3n) is 2.82. The van der Waals surface area contributed by atoms with Crippen LogP contribution < -0.4 is 5.73 Å². The topological polar surface area (TPSA) is 51.8 Å². The fraction of sp³-hybridized carbons (Fsp3) is 0.385. The number of benzene rings is 1. The molecule has 0 aliphatic carbocycles. The summed E-state index contributed by atoms with van der Waals surface area (Å²) in [5.74, 6) is 0.344. The van der Waals surface area contributed by atoms with Crippen LogP contribution in [0.25, 0.3) is 0 Å². The van der Waals surface area contributed by atoms with Crippen LogP contribution in [0, 0.1) is 0 Å². The Labute approximate surface area is 116 Å². The lowest BCUT2D eigenvalue weighted by Crippen LogP contribution is -2.14. The number of rotatable bonds is 4. The van der Waals surface area contributed by atoms with Crippen molar-refractivity contribution in [1.82, 2.24) is 9.59 Å². The lowest BCUT2D eigenvalue weighted by molar-refractivity contribution is 0.701. The van der Waals surface area contributed by atoms with Crippen molar-refractivity contribution >= 4 is 23.1 Å². The minimum Gasteiger partial charge on any atom is -0.323 e. The molecule has 0 radical (unpaired) electrons. The lowest BCUT2D eigenvalue weighted by Gasteiger charge is -2.13. The highest BCUT2D eigenvalue weighted by Gasteiger charge is 2.19. The zero-order valence-electron chi connectivity index (χ0n) is 10.4. The van der Waals surface area contributed by atoms with Crippen LogP contribution in [0.15, 0.2) is 24.3 Å². The molecule has 1 unspecified atom stereocenters. The van der Waals surface area contributed by atoms with Gasteiger partial charge in [-0.1, -0.05) is 48.1 Å². The smallest absolute Gasteiger partial charge is 0.0829 e. The standard InChI is InChI=1S/C13H16ClN3S/c1-8(2)12-13(18-17-16-12)11(15)7-9-5-3-4-6-10(9)14/h3-6,8,11H,7,15H2,1-2H3. The summed E-state index contributed by atoms with van der Waals surface area (Å²) in [6, 6.07) is 7.69. The molecule has 0 saturated heterocycles. The third kappa shape index (κ3) is 2.88. The molecule has 2 aromatic rings. The maximum Gasteiger partial charge on any atom is 0.0829 e. The first kappa shape index (κ1) is 13.5. The Morgan fingerprint density at radius 2 is 2.06 bits per heavy atom. The quantitative estimate of drug-likeness (QED) is 0.932. The van der Waals surface area contributed by atoms with E-state index in [4.69, 9.17) is 17.3 Å². The van der Waals surface area contributed by atoms with Crippen LogP contribution in [0.3, 0.4) is 0 Å². The van der Waals surface area contributed by atoms with E-state index in [9.17, 15) is 0 Å². The SMILES string of the molecule is CC(C)c1nnsc1C(N)Cc1ccccc1Cl. The van der Waals surface area contributed by atoms with E-state index >= 15 is 0 Å². The summed E-state index contributed by atoms with van der Waals surface area (Å²) < 4.78 is 4.01. The highest BCUT2D eigenvalue weighted by atomic mass is 35.5. The number of halogens is 1.